The summed E-state index contributed by atoms with van der Waals surface area (Å²) in [6, 6.07) is 8.09. The molecule has 0 aliphatic rings. The molecule has 4 nitrogen and oxygen atoms in total. The van der Waals surface area contributed by atoms with Gasteiger partial charge in [-0.3, -0.25) is 4.68 Å². The van der Waals surface area contributed by atoms with Crippen LogP contribution in [0.4, 0.5) is 0 Å². The van der Waals surface area contributed by atoms with E-state index in [1.54, 1.807) is 0 Å². The zero-order valence-corrected chi connectivity index (χ0v) is 11.8. The fraction of sp³-hybridized carbons (Fsp3) is 0.533. The molecular formula is C15H22N2O2. The van der Waals surface area contributed by atoms with Gasteiger partial charge in [0.25, 0.3) is 0 Å². The van der Waals surface area contributed by atoms with Crippen LogP contribution in [0.25, 0.3) is 10.9 Å². The van der Waals surface area contributed by atoms with E-state index in [0.29, 0.717) is 13.0 Å². The number of rotatable bonds is 6. The average Bonchev–Trinajstić information content (AvgIpc) is 2.73. The van der Waals surface area contributed by atoms with Crippen LogP contribution in [0.5, 0.6) is 0 Å². The Morgan fingerprint density at radius 3 is 2.74 bits per heavy atom. The van der Waals surface area contributed by atoms with Gasteiger partial charge in [-0.1, -0.05) is 25.1 Å². The minimum atomic E-state index is -0.511. The van der Waals surface area contributed by atoms with E-state index in [9.17, 15) is 5.11 Å². The van der Waals surface area contributed by atoms with E-state index in [1.165, 1.54) is 0 Å². The Bertz CT molecular complexity index is 536. The zero-order valence-electron chi connectivity index (χ0n) is 11.8. The number of aryl methyl sites for hydroxylation is 1. The summed E-state index contributed by atoms with van der Waals surface area (Å²) in [5.41, 5.74) is 2.03. The first-order valence-electron chi connectivity index (χ1n) is 6.87. The van der Waals surface area contributed by atoms with Crippen molar-refractivity contribution < 1.29 is 9.84 Å². The number of aromatic nitrogens is 2. The first-order valence-corrected chi connectivity index (χ1v) is 6.87. The highest BCUT2D eigenvalue weighted by Crippen LogP contribution is 2.20. The molecule has 104 valence electrons. The summed E-state index contributed by atoms with van der Waals surface area (Å²) >= 11 is 0. The van der Waals surface area contributed by atoms with Gasteiger partial charge in [-0.05, 0) is 19.4 Å². The fourth-order valence-electron chi connectivity index (χ4n) is 2.48. The molecule has 1 heterocycles. The van der Waals surface area contributed by atoms with Crippen LogP contribution in [-0.2, 0) is 18.2 Å². The molecule has 0 bridgehead atoms. The molecule has 2 atom stereocenters. The second-order valence-electron chi connectivity index (χ2n) is 4.76. The number of aliphatic hydroxyl groups is 1. The van der Waals surface area contributed by atoms with Crippen LogP contribution >= 0.6 is 0 Å². The Balaban J connectivity index is 2.21. The molecule has 1 aromatic heterocycles. The summed E-state index contributed by atoms with van der Waals surface area (Å²) in [4.78, 5) is 0. The Labute approximate surface area is 114 Å². The number of benzene rings is 1. The van der Waals surface area contributed by atoms with E-state index in [0.717, 1.165) is 23.0 Å². The number of hydrogen-bond acceptors (Lipinski definition) is 3. The van der Waals surface area contributed by atoms with Crippen molar-refractivity contribution >= 4 is 10.9 Å². The van der Waals surface area contributed by atoms with Crippen molar-refractivity contribution in [1.82, 2.24) is 9.78 Å². The molecule has 0 amide bonds. The fourth-order valence-corrected chi connectivity index (χ4v) is 2.48. The second-order valence-corrected chi connectivity index (χ2v) is 4.76. The zero-order chi connectivity index (χ0) is 13.8. The third-order valence-corrected chi connectivity index (χ3v) is 3.45. The quantitative estimate of drug-likeness (QED) is 0.869. The van der Waals surface area contributed by atoms with Gasteiger partial charge < -0.3 is 9.84 Å². The average molecular weight is 262 g/mol. The van der Waals surface area contributed by atoms with Crippen molar-refractivity contribution in [1.29, 1.82) is 0 Å². The molecule has 4 heteroatoms. The molecule has 2 unspecified atom stereocenters. The maximum absolute atomic E-state index is 10.3. The monoisotopic (exact) mass is 262 g/mol. The minimum Gasteiger partial charge on any atom is -0.390 e. The molecule has 0 saturated heterocycles. The van der Waals surface area contributed by atoms with Crippen LogP contribution in [0, 0.1) is 0 Å². The first kappa shape index (κ1) is 14.0. The third kappa shape index (κ3) is 2.96. The van der Waals surface area contributed by atoms with Gasteiger partial charge in [0.05, 0.1) is 23.4 Å². The first-order chi connectivity index (χ1) is 9.17. The highest BCUT2D eigenvalue weighted by atomic mass is 16.5. The summed E-state index contributed by atoms with van der Waals surface area (Å²) in [6.45, 7) is 4.60. The lowest BCUT2D eigenvalue weighted by atomic mass is 10.0. The molecule has 1 aromatic carbocycles. The molecule has 0 aliphatic heterocycles. The van der Waals surface area contributed by atoms with E-state index in [-0.39, 0.29) is 6.10 Å². The van der Waals surface area contributed by atoms with Gasteiger partial charge in [-0.15, -0.1) is 0 Å². The molecule has 0 radical (unpaired) electrons. The van der Waals surface area contributed by atoms with Crippen molar-refractivity contribution in [3.05, 3.63) is 30.0 Å². The van der Waals surface area contributed by atoms with Crippen LogP contribution < -0.4 is 0 Å². The van der Waals surface area contributed by atoms with Gasteiger partial charge in [0.15, 0.2) is 0 Å². The predicted molar refractivity (Wildman–Crippen MR) is 76.1 cm³/mol. The van der Waals surface area contributed by atoms with Gasteiger partial charge in [0.2, 0.25) is 0 Å². The molecule has 19 heavy (non-hydrogen) atoms. The van der Waals surface area contributed by atoms with Crippen LogP contribution in [0.3, 0.4) is 0 Å². The van der Waals surface area contributed by atoms with E-state index in [1.807, 2.05) is 49.8 Å². The lowest BCUT2D eigenvalue weighted by Crippen LogP contribution is -2.30. The SMILES string of the molecule is CCOC(CC)C(O)Cc1nn(C)c2ccccc12. The topological polar surface area (TPSA) is 47.3 Å². The molecule has 2 rings (SSSR count). The van der Waals surface area contributed by atoms with Gasteiger partial charge >= 0.3 is 0 Å². The number of ether oxygens (including phenoxy) is 1. The summed E-state index contributed by atoms with van der Waals surface area (Å²) in [6.07, 6.45) is 0.702. The molecule has 0 fully saturated rings. The van der Waals surface area contributed by atoms with E-state index < -0.39 is 6.10 Å². The van der Waals surface area contributed by atoms with Gasteiger partial charge in [-0.2, -0.15) is 5.10 Å². The van der Waals surface area contributed by atoms with Crippen molar-refractivity contribution in [2.45, 2.75) is 38.9 Å². The Morgan fingerprint density at radius 2 is 2.05 bits per heavy atom. The van der Waals surface area contributed by atoms with Crippen molar-refractivity contribution in [3.8, 4) is 0 Å². The summed E-state index contributed by atoms with van der Waals surface area (Å²) in [5.74, 6) is 0. The van der Waals surface area contributed by atoms with Gasteiger partial charge in [0.1, 0.15) is 0 Å². The van der Waals surface area contributed by atoms with Gasteiger partial charge in [-0.25, -0.2) is 0 Å². The third-order valence-electron chi connectivity index (χ3n) is 3.45. The Morgan fingerprint density at radius 1 is 1.32 bits per heavy atom. The highest BCUT2D eigenvalue weighted by molar-refractivity contribution is 5.81. The van der Waals surface area contributed by atoms with Gasteiger partial charge in [0, 0.05) is 25.5 Å². The molecule has 1 N–H and O–H groups in total. The number of fused-ring (bicyclic) bond motifs is 1. The molecule has 0 saturated carbocycles. The van der Waals surface area contributed by atoms with Crippen LogP contribution in [0.15, 0.2) is 24.3 Å². The number of aliphatic hydroxyl groups excluding tert-OH is 1. The molecular weight excluding hydrogens is 240 g/mol. The second kappa shape index (κ2) is 6.17. The molecule has 0 aliphatic carbocycles. The number of hydrogen-bond donors (Lipinski definition) is 1. The number of para-hydroxylation sites is 1. The van der Waals surface area contributed by atoms with Crippen molar-refractivity contribution in [2.24, 2.45) is 7.05 Å². The lowest BCUT2D eigenvalue weighted by molar-refractivity contribution is -0.0337. The molecule has 0 spiro atoms. The molecule has 2 aromatic rings. The van der Waals surface area contributed by atoms with E-state index in [2.05, 4.69) is 5.10 Å². The maximum Gasteiger partial charge on any atom is 0.0857 e. The Hall–Kier alpha value is -1.39. The van der Waals surface area contributed by atoms with Crippen LogP contribution in [-0.4, -0.2) is 33.7 Å². The number of nitrogens with zero attached hydrogens (tertiary/aromatic N) is 2. The maximum atomic E-state index is 10.3. The summed E-state index contributed by atoms with van der Waals surface area (Å²) in [7, 11) is 1.93. The standard InChI is InChI=1S/C15H22N2O2/c1-4-15(19-5-2)14(18)10-12-11-8-6-7-9-13(11)17(3)16-12/h6-9,14-15,18H,4-5,10H2,1-3H3. The highest BCUT2D eigenvalue weighted by Gasteiger charge is 2.20. The normalized spacial score (nSPS) is 14.7. The summed E-state index contributed by atoms with van der Waals surface area (Å²) in [5, 5.41) is 15.9. The van der Waals surface area contributed by atoms with Crippen LogP contribution in [0.2, 0.25) is 0 Å². The largest absolute Gasteiger partial charge is 0.390 e. The van der Waals surface area contributed by atoms with E-state index >= 15 is 0 Å². The predicted octanol–water partition coefficient (Wildman–Crippen LogP) is 2.29. The van der Waals surface area contributed by atoms with Crippen LogP contribution in [0.1, 0.15) is 26.0 Å². The van der Waals surface area contributed by atoms with Crippen molar-refractivity contribution in [3.63, 3.8) is 0 Å². The lowest BCUT2D eigenvalue weighted by Gasteiger charge is -2.20. The van der Waals surface area contributed by atoms with E-state index in [4.69, 9.17) is 4.74 Å². The van der Waals surface area contributed by atoms with Crippen molar-refractivity contribution in [2.75, 3.05) is 6.61 Å². The smallest absolute Gasteiger partial charge is 0.0857 e. The minimum absolute atomic E-state index is 0.120. The Kier molecular flexibility index (Phi) is 4.56. The summed E-state index contributed by atoms with van der Waals surface area (Å²) < 4.78 is 7.42.